The summed E-state index contributed by atoms with van der Waals surface area (Å²) < 4.78 is 24.1. The van der Waals surface area contributed by atoms with E-state index >= 15 is 0 Å². The van der Waals surface area contributed by atoms with Crippen molar-refractivity contribution in [3.63, 3.8) is 0 Å². The standard InChI is InChI=1S/C11H11BFO2/c1-9(2)7-8-12(13)14-10-5-3-4-6-11(10)15-12/h3-8H,1H2,2H3/q-1/b8-7+. The second kappa shape index (κ2) is 3.46. The lowest BCUT2D eigenvalue weighted by Gasteiger charge is -2.22. The van der Waals surface area contributed by atoms with Gasteiger partial charge in [-0.2, -0.15) is 0 Å². The number of fused-ring (bicyclic) bond motifs is 1. The molecule has 0 fully saturated rings. The van der Waals surface area contributed by atoms with Gasteiger partial charge in [0.2, 0.25) is 0 Å². The molecule has 0 aliphatic carbocycles. The van der Waals surface area contributed by atoms with Crippen LogP contribution in [-0.4, -0.2) is 6.83 Å². The molecule has 2 rings (SSSR count). The molecule has 1 aromatic rings. The van der Waals surface area contributed by atoms with E-state index in [9.17, 15) is 4.32 Å². The van der Waals surface area contributed by atoms with Gasteiger partial charge in [-0.25, -0.2) is 0 Å². The van der Waals surface area contributed by atoms with Crippen LogP contribution in [-0.2, 0) is 0 Å². The van der Waals surface area contributed by atoms with Crippen LogP contribution in [0.3, 0.4) is 0 Å². The largest absolute Gasteiger partial charge is 0.651 e. The van der Waals surface area contributed by atoms with Crippen molar-refractivity contribution in [1.82, 2.24) is 0 Å². The minimum absolute atomic E-state index is 0.436. The molecular formula is C11H11BFO2-. The first-order valence-corrected chi connectivity index (χ1v) is 4.73. The highest BCUT2D eigenvalue weighted by molar-refractivity contribution is 6.68. The highest BCUT2D eigenvalue weighted by Gasteiger charge is 2.35. The molecule has 0 unspecified atom stereocenters. The molecule has 1 aromatic carbocycles. The summed E-state index contributed by atoms with van der Waals surface area (Å²) >= 11 is 0. The van der Waals surface area contributed by atoms with Gasteiger partial charge >= 0.3 is 6.83 Å². The van der Waals surface area contributed by atoms with Crippen molar-refractivity contribution in [2.24, 2.45) is 0 Å². The van der Waals surface area contributed by atoms with Crippen molar-refractivity contribution in [1.29, 1.82) is 0 Å². The van der Waals surface area contributed by atoms with E-state index in [-0.39, 0.29) is 0 Å². The fourth-order valence-corrected chi connectivity index (χ4v) is 1.37. The third kappa shape index (κ3) is 2.04. The van der Waals surface area contributed by atoms with Crippen LogP contribution in [0, 0.1) is 0 Å². The van der Waals surface area contributed by atoms with Gasteiger partial charge in [0.05, 0.1) is 0 Å². The topological polar surface area (TPSA) is 18.5 Å². The molecule has 1 heterocycles. The highest BCUT2D eigenvalue weighted by Crippen LogP contribution is 2.37. The smallest absolute Gasteiger partial charge is 0.550 e. The van der Waals surface area contributed by atoms with Gasteiger partial charge in [-0.1, -0.05) is 30.4 Å². The number of hydrogen-bond acceptors (Lipinski definition) is 2. The average molecular weight is 205 g/mol. The molecule has 1 aliphatic heterocycles. The van der Waals surface area contributed by atoms with Crippen molar-refractivity contribution in [2.45, 2.75) is 6.92 Å². The SMILES string of the molecule is C=C(C)/C=C/[B-]1(F)Oc2ccccc2O1. The summed E-state index contributed by atoms with van der Waals surface area (Å²) in [6.07, 6.45) is 1.55. The van der Waals surface area contributed by atoms with E-state index in [4.69, 9.17) is 9.31 Å². The summed E-state index contributed by atoms with van der Waals surface area (Å²) in [5, 5.41) is 0. The van der Waals surface area contributed by atoms with Crippen molar-refractivity contribution < 1.29 is 13.6 Å². The molecule has 1 aliphatic rings. The predicted molar refractivity (Wildman–Crippen MR) is 58.5 cm³/mol. The Morgan fingerprint density at radius 2 is 1.87 bits per heavy atom. The van der Waals surface area contributed by atoms with Gasteiger partial charge in [0.25, 0.3) is 0 Å². The maximum Gasteiger partial charge on any atom is 0.550 e. The van der Waals surface area contributed by atoms with E-state index < -0.39 is 6.83 Å². The van der Waals surface area contributed by atoms with E-state index in [0.29, 0.717) is 11.5 Å². The second-order valence-electron chi connectivity index (χ2n) is 3.56. The minimum Gasteiger partial charge on any atom is -0.651 e. The minimum atomic E-state index is -2.88. The molecule has 0 saturated heterocycles. The Kier molecular flexibility index (Phi) is 2.27. The molecular weight excluding hydrogens is 194 g/mol. The number of para-hydroxylation sites is 2. The van der Waals surface area contributed by atoms with Gasteiger partial charge in [0.15, 0.2) is 0 Å². The van der Waals surface area contributed by atoms with E-state index in [1.165, 1.54) is 5.98 Å². The quantitative estimate of drug-likeness (QED) is 0.545. The van der Waals surface area contributed by atoms with Crippen LogP contribution in [0.15, 0.2) is 48.5 Å². The summed E-state index contributed by atoms with van der Waals surface area (Å²) in [6, 6.07) is 6.89. The first-order chi connectivity index (χ1) is 7.09. The Morgan fingerprint density at radius 1 is 1.33 bits per heavy atom. The molecule has 4 heteroatoms. The van der Waals surface area contributed by atoms with E-state index in [2.05, 4.69) is 6.58 Å². The van der Waals surface area contributed by atoms with Crippen LogP contribution in [0.5, 0.6) is 11.5 Å². The molecule has 2 nitrogen and oxygen atoms in total. The summed E-state index contributed by atoms with van der Waals surface area (Å²) in [6.45, 7) is 2.54. The van der Waals surface area contributed by atoms with E-state index in [1.807, 2.05) is 0 Å². The van der Waals surface area contributed by atoms with Crippen LogP contribution < -0.4 is 9.31 Å². The maximum absolute atomic E-state index is 14.0. The molecule has 0 radical (unpaired) electrons. The molecule has 15 heavy (non-hydrogen) atoms. The van der Waals surface area contributed by atoms with Crippen molar-refractivity contribution >= 4 is 6.83 Å². The van der Waals surface area contributed by atoms with Crippen LogP contribution >= 0.6 is 0 Å². The zero-order chi connectivity index (χ0) is 10.9. The first-order valence-electron chi connectivity index (χ1n) is 4.73. The predicted octanol–water partition coefficient (Wildman–Crippen LogP) is 3.04. The third-order valence-electron chi connectivity index (χ3n) is 2.04. The number of rotatable bonds is 2. The Balaban J connectivity index is 2.21. The zero-order valence-electron chi connectivity index (χ0n) is 8.44. The molecule has 0 saturated carbocycles. The summed E-state index contributed by atoms with van der Waals surface area (Å²) in [5.41, 5.74) is 0.747. The normalized spacial score (nSPS) is 16.9. The lowest BCUT2D eigenvalue weighted by atomic mass is 9.82. The van der Waals surface area contributed by atoms with Gasteiger partial charge in [0, 0.05) is 0 Å². The Morgan fingerprint density at radius 3 is 2.33 bits per heavy atom. The lowest BCUT2D eigenvalue weighted by molar-refractivity contribution is 0.388. The van der Waals surface area contributed by atoms with Crippen LogP contribution in [0.2, 0.25) is 0 Å². The van der Waals surface area contributed by atoms with Gasteiger partial charge in [-0.15, -0.1) is 5.98 Å². The van der Waals surface area contributed by atoms with Crippen molar-refractivity contribution in [2.75, 3.05) is 0 Å². The molecule has 0 bridgehead atoms. The van der Waals surface area contributed by atoms with Crippen molar-refractivity contribution in [3.8, 4) is 11.5 Å². The number of allylic oxidation sites excluding steroid dienone is 2. The third-order valence-corrected chi connectivity index (χ3v) is 2.04. The number of hydrogen-bond donors (Lipinski definition) is 0. The summed E-state index contributed by atoms with van der Waals surface area (Å²) in [5.74, 6) is 2.14. The number of benzene rings is 1. The van der Waals surface area contributed by atoms with Gasteiger partial charge in [0.1, 0.15) is 11.5 Å². The average Bonchev–Trinajstić information content (AvgIpc) is 2.52. The first kappa shape index (κ1) is 9.83. The van der Waals surface area contributed by atoms with E-state index in [1.54, 1.807) is 37.3 Å². The van der Waals surface area contributed by atoms with Crippen molar-refractivity contribution in [3.05, 3.63) is 48.5 Å². The molecule has 0 spiro atoms. The fraction of sp³-hybridized carbons (Fsp3) is 0.0909. The number of halogens is 1. The molecule has 0 atom stereocenters. The maximum atomic E-state index is 14.0. The van der Waals surface area contributed by atoms with Gasteiger partial charge < -0.3 is 13.6 Å². The highest BCUT2D eigenvalue weighted by atomic mass is 19.1. The van der Waals surface area contributed by atoms with Crippen LogP contribution in [0.1, 0.15) is 6.92 Å². The lowest BCUT2D eigenvalue weighted by Crippen LogP contribution is -2.37. The monoisotopic (exact) mass is 205 g/mol. The van der Waals surface area contributed by atoms with Crippen LogP contribution in [0.25, 0.3) is 0 Å². The second-order valence-corrected chi connectivity index (χ2v) is 3.56. The molecule has 0 amide bonds. The van der Waals surface area contributed by atoms with E-state index in [0.717, 1.165) is 5.57 Å². The molecule has 0 aromatic heterocycles. The Bertz CT molecular complexity index is 403. The van der Waals surface area contributed by atoms with Gasteiger partial charge in [-0.3, -0.25) is 0 Å². The molecule has 0 N–H and O–H groups in total. The van der Waals surface area contributed by atoms with Gasteiger partial charge in [-0.05, 0) is 19.1 Å². The zero-order valence-corrected chi connectivity index (χ0v) is 8.44. The summed E-state index contributed by atoms with van der Waals surface area (Å²) in [7, 11) is 0. The fourth-order valence-electron chi connectivity index (χ4n) is 1.37. The van der Waals surface area contributed by atoms with Crippen LogP contribution in [0.4, 0.5) is 4.32 Å². The summed E-state index contributed by atoms with van der Waals surface area (Å²) in [4.78, 5) is 0. The Hall–Kier alpha value is -1.71. The molecule has 78 valence electrons. The Labute approximate surface area is 88.0 Å².